The summed E-state index contributed by atoms with van der Waals surface area (Å²) in [6.45, 7) is 1.98. The van der Waals surface area contributed by atoms with Gasteiger partial charge in [0.1, 0.15) is 0 Å². The van der Waals surface area contributed by atoms with Crippen molar-refractivity contribution in [3.63, 3.8) is 0 Å². The van der Waals surface area contributed by atoms with Gasteiger partial charge in [0.05, 0.1) is 0 Å². The number of unbranched alkanes of at least 4 members (excludes halogenated alkanes) is 1. The second-order valence-corrected chi connectivity index (χ2v) is 4.16. The summed E-state index contributed by atoms with van der Waals surface area (Å²) in [4.78, 5) is 9.76. The largest absolute Gasteiger partial charge is 0.481 e. The normalized spacial score (nSPS) is 13.1. The van der Waals surface area contributed by atoms with Crippen LogP contribution in [0, 0.1) is 0 Å². The molecule has 0 saturated heterocycles. The minimum atomic E-state index is -0.693. The van der Waals surface area contributed by atoms with Gasteiger partial charge >= 0.3 is 5.97 Å². The Labute approximate surface area is 104 Å². The van der Waals surface area contributed by atoms with Crippen molar-refractivity contribution in [2.24, 2.45) is 0 Å². The Morgan fingerprint density at radius 2 is 2.27 bits per heavy atom. The molecule has 0 amide bonds. The Hall–Kier alpha value is -0.780. The first-order chi connectivity index (χ1) is 7.16. The number of aliphatic carboxylic acids is 1. The van der Waals surface area contributed by atoms with Crippen LogP contribution in [0.15, 0.2) is 34.2 Å². The summed E-state index contributed by atoms with van der Waals surface area (Å²) < 4.78 is 1.22. The average Bonchev–Trinajstić information content (AvgIpc) is 2.43. The molecule has 0 aromatic carbocycles. The highest BCUT2D eigenvalue weighted by Gasteiger charge is 1.90. The Morgan fingerprint density at radius 1 is 1.53 bits per heavy atom. The Morgan fingerprint density at radius 3 is 2.80 bits per heavy atom. The van der Waals surface area contributed by atoms with Crippen LogP contribution in [0.1, 0.15) is 26.2 Å². The molecule has 1 aliphatic rings. The number of halogens is 1. The van der Waals surface area contributed by atoms with Crippen molar-refractivity contribution in [3.05, 3.63) is 34.2 Å². The third-order valence-corrected chi connectivity index (χ3v) is 2.20. The van der Waals surface area contributed by atoms with Gasteiger partial charge in [-0.25, -0.2) is 0 Å². The van der Waals surface area contributed by atoms with Crippen LogP contribution in [-0.2, 0) is 4.79 Å². The maximum Gasteiger partial charge on any atom is 0.303 e. The van der Waals surface area contributed by atoms with E-state index in [1.54, 1.807) is 0 Å². The van der Waals surface area contributed by atoms with Gasteiger partial charge in [-0.1, -0.05) is 19.4 Å². The van der Waals surface area contributed by atoms with Crippen molar-refractivity contribution in [3.8, 4) is 0 Å². The summed E-state index contributed by atoms with van der Waals surface area (Å²) in [5.41, 5.74) is 0. The number of nitrogens with one attached hydrogen (secondary N) is 1. The molecule has 0 atom stereocenters. The fourth-order valence-corrected chi connectivity index (χ4v) is 1.15. The molecule has 84 valence electrons. The molecule has 0 aliphatic carbocycles. The van der Waals surface area contributed by atoms with E-state index >= 15 is 0 Å². The summed E-state index contributed by atoms with van der Waals surface area (Å²) in [6.07, 6.45) is 11.9. The molecule has 0 saturated carbocycles. The van der Waals surface area contributed by atoms with E-state index < -0.39 is 5.97 Å². The molecule has 3 nitrogen and oxygen atoms in total. The van der Waals surface area contributed by atoms with Crippen LogP contribution in [-0.4, -0.2) is 11.1 Å². The van der Waals surface area contributed by atoms with E-state index in [9.17, 15) is 4.79 Å². The SMILES string of the molecule is CCCCC(=O)O.IC1=CNC=CC=C1. The van der Waals surface area contributed by atoms with Crippen LogP contribution in [0.4, 0.5) is 0 Å². The van der Waals surface area contributed by atoms with Gasteiger partial charge in [-0.05, 0) is 41.2 Å². The van der Waals surface area contributed by atoms with Gasteiger partial charge in [-0.2, -0.15) is 0 Å². The fourth-order valence-electron chi connectivity index (χ4n) is 0.762. The van der Waals surface area contributed by atoms with Gasteiger partial charge in [0.25, 0.3) is 0 Å². The number of hydrogen-bond donors (Lipinski definition) is 2. The lowest BCUT2D eigenvalue weighted by Crippen LogP contribution is -1.91. The molecule has 1 rings (SSSR count). The highest BCUT2D eigenvalue weighted by atomic mass is 127. The predicted octanol–water partition coefficient (Wildman–Crippen LogP) is 3.20. The van der Waals surface area contributed by atoms with Crippen LogP contribution in [0.25, 0.3) is 0 Å². The topological polar surface area (TPSA) is 49.3 Å². The van der Waals surface area contributed by atoms with Crippen molar-refractivity contribution in [2.45, 2.75) is 26.2 Å². The summed E-state index contributed by atoms with van der Waals surface area (Å²) >= 11 is 2.25. The zero-order valence-corrected chi connectivity index (χ0v) is 10.9. The molecule has 15 heavy (non-hydrogen) atoms. The van der Waals surface area contributed by atoms with Gasteiger partial charge in [0.15, 0.2) is 0 Å². The van der Waals surface area contributed by atoms with Gasteiger partial charge in [0.2, 0.25) is 0 Å². The van der Waals surface area contributed by atoms with Crippen molar-refractivity contribution in [2.75, 3.05) is 0 Å². The number of rotatable bonds is 3. The summed E-state index contributed by atoms with van der Waals surface area (Å²) in [5, 5.41) is 11.0. The van der Waals surface area contributed by atoms with Crippen molar-refractivity contribution < 1.29 is 9.90 Å². The monoisotopic (exact) mass is 321 g/mol. The number of hydrogen-bond acceptors (Lipinski definition) is 2. The third-order valence-electron chi connectivity index (χ3n) is 1.52. The van der Waals surface area contributed by atoms with Crippen LogP contribution in [0.2, 0.25) is 0 Å². The Bertz CT molecular complexity index is 267. The molecule has 1 heterocycles. The Kier molecular flexibility index (Phi) is 9.26. The summed E-state index contributed by atoms with van der Waals surface area (Å²) in [6, 6.07) is 0. The highest BCUT2D eigenvalue weighted by molar-refractivity contribution is 14.1. The molecule has 0 fully saturated rings. The van der Waals surface area contributed by atoms with Crippen LogP contribution >= 0.6 is 22.6 Å². The first-order valence-corrected chi connectivity index (χ1v) is 5.91. The van der Waals surface area contributed by atoms with Gasteiger partial charge in [-0.15, -0.1) is 0 Å². The van der Waals surface area contributed by atoms with E-state index in [0.717, 1.165) is 12.8 Å². The minimum absolute atomic E-state index is 0.316. The molecule has 1 aliphatic heterocycles. The first-order valence-electron chi connectivity index (χ1n) is 4.83. The van der Waals surface area contributed by atoms with Gasteiger partial charge in [0, 0.05) is 22.4 Å². The van der Waals surface area contributed by atoms with E-state index in [1.807, 2.05) is 37.6 Å². The summed E-state index contributed by atoms with van der Waals surface area (Å²) in [5.74, 6) is -0.693. The standard InChI is InChI=1S/C6H6IN.C5H10O2/c7-6-3-1-2-4-8-5-6;1-2-3-4-5(6)7/h1-5,8H;2-4H2,1H3,(H,6,7). The smallest absolute Gasteiger partial charge is 0.303 e. The molecule has 2 N–H and O–H groups in total. The van der Waals surface area contributed by atoms with Crippen molar-refractivity contribution in [1.82, 2.24) is 5.32 Å². The first kappa shape index (κ1) is 14.2. The van der Waals surface area contributed by atoms with Gasteiger partial charge in [-0.3, -0.25) is 4.79 Å². The lowest BCUT2D eigenvalue weighted by Gasteiger charge is -1.85. The molecule has 0 aromatic heterocycles. The average molecular weight is 321 g/mol. The molecule has 4 heteroatoms. The number of carboxylic acid groups (broad SMARTS) is 1. The maximum absolute atomic E-state index is 9.76. The zero-order chi connectivity index (χ0) is 11.5. The number of carbonyl (C=O) groups is 1. The molecule has 0 unspecified atom stereocenters. The quantitative estimate of drug-likeness (QED) is 0.785. The van der Waals surface area contributed by atoms with E-state index in [2.05, 4.69) is 27.9 Å². The zero-order valence-electron chi connectivity index (χ0n) is 8.74. The molecule has 0 radical (unpaired) electrons. The lowest BCUT2D eigenvalue weighted by atomic mass is 10.3. The van der Waals surface area contributed by atoms with Crippen molar-refractivity contribution in [1.29, 1.82) is 0 Å². The van der Waals surface area contributed by atoms with Gasteiger partial charge < -0.3 is 10.4 Å². The van der Waals surface area contributed by atoms with Crippen LogP contribution in [0.5, 0.6) is 0 Å². The molecule has 0 bridgehead atoms. The second kappa shape index (κ2) is 9.76. The second-order valence-electron chi connectivity index (χ2n) is 2.91. The van der Waals surface area contributed by atoms with Crippen LogP contribution < -0.4 is 5.32 Å². The van der Waals surface area contributed by atoms with E-state index in [4.69, 9.17) is 5.11 Å². The van der Waals surface area contributed by atoms with E-state index in [0.29, 0.717) is 6.42 Å². The van der Waals surface area contributed by atoms with Crippen molar-refractivity contribution >= 4 is 28.6 Å². The molecule has 0 spiro atoms. The molecule has 0 aromatic rings. The van der Waals surface area contributed by atoms with E-state index in [1.165, 1.54) is 3.58 Å². The molecular formula is C11H16INO2. The minimum Gasteiger partial charge on any atom is -0.481 e. The predicted molar refractivity (Wildman–Crippen MR) is 70.7 cm³/mol. The number of carboxylic acids is 1. The lowest BCUT2D eigenvalue weighted by molar-refractivity contribution is -0.137. The van der Waals surface area contributed by atoms with E-state index in [-0.39, 0.29) is 0 Å². The summed E-state index contributed by atoms with van der Waals surface area (Å²) in [7, 11) is 0. The van der Waals surface area contributed by atoms with Crippen LogP contribution in [0.3, 0.4) is 0 Å². The Balaban J connectivity index is 0.000000265. The fraction of sp³-hybridized carbons (Fsp3) is 0.364. The molecular weight excluding hydrogens is 305 g/mol. The third kappa shape index (κ3) is 11.1. The number of allylic oxidation sites excluding steroid dienone is 4. The highest BCUT2D eigenvalue weighted by Crippen LogP contribution is 2.06. The maximum atomic E-state index is 9.76.